The van der Waals surface area contributed by atoms with Crippen LogP contribution in [0.2, 0.25) is 0 Å². The molecular weight excluding hydrogens is 294 g/mol. The number of amides is 1. The van der Waals surface area contributed by atoms with Crippen LogP contribution in [0.4, 0.5) is 0 Å². The van der Waals surface area contributed by atoms with Crippen LogP contribution in [0.1, 0.15) is 28.7 Å². The van der Waals surface area contributed by atoms with Crippen LogP contribution >= 0.6 is 11.3 Å². The van der Waals surface area contributed by atoms with Gasteiger partial charge in [-0.05, 0) is 32.7 Å². The number of aryl methyl sites for hydroxylation is 1. The van der Waals surface area contributed by atoms with Crippen LogP contribution in [-0.4, -0.2) is 34.9 Å². The monoisotopic (exact) mass is 315 g/mol. The molecule has 0 saturated carbocycles. The molecule has 1 aromatic heterocycles. The number of rotatable bonds is 3. The second-order valence-corrected chi connectivity index (χ2v) is 6.94. The van der Waals surface area contributed by atoms with Gasteiger partial charge in [0.15, 0.2) is 0 Å². The van der Waals surface area contributed by atoms with Crippen molar-refractivity contribution in [3.05, 3.63) is 40.9 Å². The fraction of sp³-hybridized carbons (Fsp3) is 0.412. The molecule has 0 aliphatic carbocycles. The molecule has 0 bridgehead atoms. The average molecular weight is 315 g/mol. The summed E-state index contributed by atoms with van der Waals surface area (Å²) in [7, 11) is 0. The highest BCUT2D eigenvalue weighted by atomic mass is 32.1. The van der Waals surface area contributed by atoms with Gasteiger partial charge in [-0.25, -0.2) is 4.98 Å². The maximum atomic E-state index is 12.8. The van der Waals surface area contributed by atoms with Crippen LogP contribution in [0.3, 0.4) is 0 Å². The number of carbonyl (C=O) groups is 1. The van der Waals surface area contributed by atoms with Gasteiger partial charge in [-0.15, -0.1) is 11.3 Å². The lowest BCUT2D eigenvalue weighted by Crippen LogP contribution is -2.34. The number of hydrogen-bond donors (Lipinski definition) is 1. The molecule has 1 aliphatic rings. The van der Waals surface area contributed by atoms with Crippen molar-refractivity contribution in [3.63, 3.8) is 0 Å². The zero-order chi connectivity index (χ0) is 15.7. The Hall–Kier alpha value is -1.72. The molecule has 0 spiro atoms. The molecule has 116 valence electrons. The Labute approximate surface area is 135 Å². The van der Waals surface area contributed by atoms with Gasteiger partial charge in [-0.2, -0.15) is 0 Å². The molecule has 2 N–H and O–H groups in total. The first-order chi connectivity index (χ1) is 10.6. The predicted molar refractivity (Wildman–Crippen MR) is 89.9 cm³/mol. The van der Waals surface area contributed by atoms with E-state index in [2.05, 4.69) is 11.9 Å². The van der Waals surface area contributed by atoms with Crippen molar-refractivity contribution in [2.75, 3.05) is 13.1 Å². The van der Waals surface area contributed by atoms with Crippen LogP contribution in [0.15, 0.2) is 30.3 Å². The van der Waals surface area contributed by atoms with Crippen molar-refractivity contribution in [1.82, 2.24) is 9.88 Å². The van der Waals surface area contributed by atoms with Gasteiger partial charge < -0.3 is 10.6 Å². The van der Waals surface area contributed by atoms with Crippen molar-refractivity contribution in [2.24, 2.45) is 11.7 Å². The number of benzene rings is 1. The van der Waals surface area contributed by atoms with Crippen LogP contribution < -0.4 is 5.73 Å². The summed E-state index contributed by atoms with van der Waals surface area (Å²) < 4.78 is 0. The van der Waals surface area contributed by atoms with Crippen LogP contribution in [-0.2, 0) is 0 Å². The van der Waals surface area contributed by atoms with E-state index < -0.39 is 0 Å². The summed E-state index contributed by atoms with van der Waals surface area (Å²) in [5.74, 6) is 0.515. The van der Waals surface area contributed by atoms with E-state index in [1.807, 2.05) is 42.2 Å². The van der Waals surface area contributed by atoms with E-state index in [1.54, 1.807) is 0 Å². The lowest BCUT2D eigenvalue weighted by Gasteiger charge is -2.20. The first-order valence-corrected chi connectivity index (χ1v) is 8.45. The molecule has 1 fully saturated rings. The van der Waals surface area contributed by atoms with E-state index >= 15 is 0 Å². The lowest BCUT2D eigenvalue weighted by atomic mass is 10.1. The quantitative estimate of drug-likeness (QED) is 0.947. The molecular formula is C17H21N3OS. The Morgan fingerprint density at radius 2 is 2.14 bits per heavy atom. The summed E-state index contributed by atoms with van der Waals surface area (Å²) in [6.45, 7) is 5.42. The minimum absolute atomic E-state index is 0.0978. The molecule has 2 heterocycles. The molecule has 5 heteroatoms. The summed E-state index contributed by atoms with van der Waals surface area (Å²) in [5, 5.41) is 0.906. The third-order valence-corrected chi connectivity index (χ3v) is 5.46. The molecule has 2 unspecified atom stereocenters. The van der Waals surface area contributed by atoms with Gasteiger partial charge in [0.25, 0.3) is 5.91 Å². The van der Waals surface area contributed by atoms with E-state index in [1.165, 1.54) is 11.3 Å². The van der Waals surface area contributed by atoms with E-state index in [0.717, 1.165) is 34.1 Å². The molecule has 1 aliphatic heterocycles. The number of aromatic nitrogens is 1. The SMILES string of the molecule is Cc1nc(-c2ccccc2)sc1C(=O)N1CC(CN)CC1C. The fourth-order valence-electron chi connectivity index (χ4n) is 3.03. The molecule has 22 heavy (non-hydrogen) atoms. The molecule has 0 radical (unpaired) electrons. The lowest BCUT2D eigenvalue weighted by molar-refractivity contribution is 0.0747. The Balaban J connectivity index is 1.86. The highest BCUT2D eigenvalue weighted by Crippen LogP contribution is 2.31. The number of likely N-dealkylation sites (tertiary alicyclic amines) is 1. The molecule has 1 aromatic carbocycles. The largest absolute Gasteiger partial charge is 0.335 e. The average Bonchev–Trinajstić information content (AvgIpc) is 3.10. The van der Waals surface area contributed by atoms with Crippen LogP contribution in [0.25, 0.3) is 10.6 Å². The van der Waals surface area contributed by atoms with Gasteiger partial charge in [0, 0.05) is 18.2 Å². The highest BCUT2D eigenvalue weighted by Gasteiger charge is 2.33. The maximum absolute atomic E-state index is 12.8. The second kappa shape index (κ2) is 6.18. The summed E-state index contributed by atoms with van der Waals surface area (Å²) in [6, 6.07) is 10.3. The number of nitrogens with two attached hydrogens (primary N) is 1. The normalized spacial score (nSPS) is 21.3. The summed E-state index contributed by atoms with van der Waals surface area (Å²) >= 11 is 1.48. The van der Waals surface area contributed by atoms with Crippen LogP contribution in [0, 0.1) is 12.8 Å². The minimum atomic E-state index is 0.0978. The molecule has 1 saturated heterocycles. The topological polar surface area (TPSA) is 59.2 Å². The fourth-order valence-corrected chi connectivity index (χ4v) is 4.05. The standard InChI is InChI=1S/C17H21N3OS/c1-11-8-13(9-18)10-20(11)17(21)15-12(2)19-16(22-15)14-6-4-3-5-7-14/h3-7,11,13H,8-10,18H2,1-2H3. The summed E-state index contributed by atoms with van der Waals surface area (Å²) in [4.78, 5) is 20.1. The van der Waals surface area contributed by atoms with Crippen molar-refractivity contribution in [1.29, 1.82) is 0 Å². The highest BCUT2D eigenvalue weighted by molar-refractivity contribution is 7.17. The number of nitrogens with zero attached hydrogens (tertiary/aromatic N) is 2. The van der Waals surface area contributed by atoms with Crippen LogP contribution in [0.5, 0.6) is 0 Å². The maximum Gasteiger partial charge on any atom is 0.266 e. The summed E-state index contributed by atoms with van der Waals surface area (Å²) in [5.41, 5.74) is 7.64. The number of thiazole rings is 1. The molecule has 2 aromatic rings. The Morgan fingerprint density at radius 3 is 2.77 bits per heavy atom. The van der Waals surface area contributed by atoms with Gasteiger partial charge in [-0.1, -0.05) is 30.3 Å². The van der Waals surface area contributed by atoms with Crippen molar-refractivity contribution >= 4 is 17.2 Å². The third kappa shape index (κ3) is 2.78. The van der Waals surface area contributed by atoms with Crippen molar-refractivity contribution in [2.45, 2.75) is 26.3 Å². The number of carbonyl (C=O) groups excluding carboxylic acids is 1. The van der Waals surface area contributed by atoms with E-state index in [0.29, 0.717) is 12.5 Å². The smallest absolute Gasteiger partial charge is 0.266 e. The minimum Gasteiger partial charge on any atom is -0.335 e. The van der Waals surface area contributed by atoms with Gasteiger partial charge in [0.05, 0.1) is 5.69 Å². The first-order valence-electron chi connectivity index (χ1n) is 7.64. The molecule has 3 rings (SSSR count). The van der Waals surface area contributed by atoms with Crippen molar-refractivity contribution in [3.8, 4) is 10.6 Å². The first kappa shape index (κ1) is 15.2. The zero-order valence-electron chi connectivity index (χ0n) is 13.0. The van der Waals surface area contributed by atoms with E-state index in [9.17, 15) is 4.79 Å². The Morgan fingerprint density at radius 1 is 1.41 bits per heavy atom. The summed E-state index contributed by atoms with van der Waals surface area (Å²) in [6.07, 6.45) is 0.992. The van der Waals surface area contributed by atoms with Crippen molar-refractivity contribution < 1.29 is 4.79 Å². The molecule has 4 nitrogen and oxygen atoms in total. The molecule has 1 amide bonds. The van der Waals surface area contributed by atoms with Gasteiger partial charge in [-0.3, -0.25) is 4.79 Å². The number of hydrogen-bond acceptors (Lipinski definition) is 4. The van der Waals surface area contributed by atoms with Gasteiger partial charge in [0.1, 0.15) is 9.88 Å². The van der Waals surface area contributed by atoms with E-state index in [-0.39, 0.29) is 11.9 Å². The Bertz CT molecular complexity index is 668. The second-order valence-electron chi connectivity index (χ2n) is 5.94. The predicted octanol–water partition coefficient (Wildman–Crippen LogP) is 2.93. The van der Waals surface area contributed by atoms with E-state index in [4.69, 9.17) is 5.73 Å². The van der Waals surface area contributed by atoms with Gasteiger partial charge >= 0.3 is 0 Å². The molecule has 2 atom stereocenters. The zero-order valence-corrected chi connectivity index (χ0v) is 13.8. The van der Waals surface area contributed by atoms with Gasteiger partial charge in [0.2, 0.25) is 0 Å². The Kier molecular flexibility index (Phi) is 4.27. The third-order valence-electron chi connectivity index (χ3n) is 4.27.